The van der Waals surface area contributed by atoms with Gasteiger partial charge in [0.15, 0.2) is 0 Å². The average molecular weight is 295 g/mol. The van der Waals surface area contributed by atoms with Gasteiger partial charge in [0.1, 0.15) is 5.75 Å². The average Bonchev–Trinajstić information content (AvgIpc) is 2.42. The van der Waals surface area contributed by atoms with Crippen molar-refractivity contribution in [2.75, 3.05) is 7.11 Å². The second-order valence-corrected chi connectivity index (χ2v) is 5.28. The molecule has 0 amide bonds. The highest BCUT2D eigenvalue weighted by molar-refractivity contribution is 7.99. The van der Waals surface area contributed by atoms with E-state index in [4.69, 9.17) is 11.6 Å². The van der Waals surface area contributed by atoms with Crippen LogP contribution in [0.5, 0.6) is 5.75 Å². The Kier molecular flexibility index (Phi) is 4.35. The van der Waals surface area contributed by atoms with Crippen LogP contribution >= 0.6 is 23.4 Å². The lowest BCUT2D eigenvalue weighted by Gasteiger charge is -2.06. The minimum atomic E-state index is -0.460. The van der Waals surface area contributed by atoms with E-state index in [2.05, 4.69) is 4.74 Å². The zero-order valence-corrected chi connectivity index (χ0v) is 11.7. The maximum Gasteiger partial charge on any atom is 0.339 e. The van der Waals surface area contributed by atoms with E-state index in [0.29, 0.717) is 10.6 Å². The molecule has 0 aliphatic carbocycles. The number of halogens is 1. The summed E-state index contributed by atoms with van der Waals surface area (Å²) in [7, 11) is 1.32. The maximum atomic E-state index is 11.5. The first-order chi connectivity index (χ1) is 9.10. The number of carbonyl (C=O) groups is 1. The Balaban J connectivity index is 2.26. The summed E-state index contributed by atoms with van der Waals surface area (Å²) >= 11 is 7.42. The van der Waals surface area contributed by atoms with Gasteiger partial charge in [0, 0.05) is 9.79 Å². The summed E-state index contributed by atoms with van der Waals surface area (Å²) in [5.41, 5.74) is 0.341. The molecule has 2 aromatic carbocycles. The molecule has 0 saturated carbocycles. The number of methoxy groups -OCH3 is 1. The second-order valence-electron chi connectivity index (χ2n) is 3.73. The molecule has 1 N–H and O–H groups in total. The fourth-order valence-corrected chi connectivity index (χ4v) is 2.54. The number of phenols is 1. The smallest absolute Gasteiger partial charge is 0.339 e. The van der Waals surface area contributed by atoms with Crippen molar-refractivity contribution >= 4 is 29.3 Å². The molecule has 0 fully saturated rings. The van der Waals surface area contributed by atoms with Crippen molar-refractivity contribution in [3.05, 3.63) is 53.1 Å². The summed E-state index contributed by atoms with van der Waals surface area (Å²) in [4.78, 5) is 13.4. The van der Waals surface area contributed by atoms with E-state index in [1.807, 2.05) is 6.07 Å². The van der Waals surface area contributed by atoms with Crippen molar-refractivity contribution in [3.8, 4) is 5.75 Å². The Morgan fingerprint density at radius 3 is 2.42 bits per heavy atom. The van der Waals surface area contributed by atoms with Crippen LogP contribution in [-0.2, 0) is 4.74 Å². The predicted octanol–water partition coefficient (Wildman–Crippen LogP) is 3.98. The molecular weight excluding hydrogens is 284 g/mol. The van der Waals surface area contributed by atoms with Gasteiger partial charge in [0.2, 0.25) is 0 Å². The number of hydrogen-bond acceptors (Lipinski definition) is 4. The molecule has 0 spiro atoms. The first-order valence-electron chi connectivity index (χ1n) is 5.45. The van der Waals surface area contributed by atoms with Crippen LogP contribution < -0.4 is 0 Å². The van der Waals surface area contributed by atoms with Gasteiger partial charge in [-0.1, -0.05) is 23.4 Å². The number of rotatable bonds is 3. The SMILES string of the molecule is COC(=O)c1cc(Sc2ccc(O)cc2)ccc1Cl. The van der Waals surface area contributed by atoms with Gasteiger partial charge >= 0.3 is 5.97 Å². The van der Waals surface area contributed by atoms with Crippen LogP contribution in [0.4, 0.5) is 0 Å². The maximum absolute atomic E-state index is 11.5. The van der Waals surface area contributed by atoms with Crippen LogP contribution in [0, 0.1) is 0 Å². The Hall–Kier alpha value is -1.65. The molecular formula is C14H11ClO3S. The molecule has 0 atom stereocenters. The van der Waals surface area contributed by atoms with E-state index >= 15 is 0 Å². The highest BCUT2D eigenvalue weighted by atomic mass is 35.5. The van der Waals surface area contributed by atoms with Crippen molar-refractivity contribution in [2.24, 2.45) is 0 Å². The third kappa shape index (κ3) is 3.43. The number of benzene rings is 2. The Bertz CT molecular complexity index is 596. The Labute approximate surface area is 120 Å². The minimum absolute atomic E-state index is 0.218. The summed E-state index contributed by atoms with van der Waals surface area (Å²) in [6.07, 6.45) is 0. The molecule has 0 heterocycles. The first-order valence-corrected chi connectivity index (χ1v) is 6.64. The van der Waals surface area contributed by atoms with Gasteiger partial charge in [-0.05, 0) is 42.5 Å². The fraction of sp³-hybridized carbons (Fsp3) is 0.0714. The van der Waals surface area contributed by atoms with Crippen LogP contribution in [0.2, 0.25) is 5.02 Å². The van der Waals surface area contributed by atoms with E-state index < -0.39 is 5.97 Å². The van der Waals surface area contributed by atoms with Gasteiger partial charge in [-0.15, -0.1) is 0 Å². The minimum Gasteiger partial charge on any atom is -0.508 e. The van der Waals surface area contributed by atoms with Crippen molar-refractivity contribution in [2.45, 2.75) is 9.79 Å². The summed E-state index contributed by atoms with van der Waals surface area (Å²) in [6, 6.07) is 12.0. The van der Waals surface area contributed by atoms with E-state index in [-0.39, 0.29) is 5.75 Å². The van der Waals surface area contributed by atoms with Crippen LogP contribution in [-0.4, -0.2) is 18.2 Å². The van der Waals surface area contributed by atoms with E-state index in [1.165, 1.54) is 18.9 Å². The van der Waals surface area contributed by atoms with Crippen LogP contribution in [0.25, 0.3) is 0 Å². The van der Waals surface area contributed by atoms with Gasteiger partial charge in [0.25, 0.3) is 0 Å². The monoisotopic (exact) mass is 294 g/mol. The number of esters is 1. The van der Waals surface area contributed by atoms with E-state index in [1.54, 1.807) is 36.4 Å². The van der Waals surface area contributed by atoms with Crippen LogP contribution in [0.15, 0.2) is 52.3 Å². The summed E-state index contributed by atoms with van der Waals surface area (Å²) in [6.45, 7) is 0. The lowest BCUT2D eigenvalue weighted by Crippen LogP contribution is -2.01. The van der Waals surface area contributed by atoms with E-state index in [0.717, 1.165) is 9.79 Å². The number of ether oxygens (including phenoxy) is 1. The molecule has 0 aliphatic rings. The molecule has 0 saturated heterocycles. The Morgan fingerprint density at radius 2 is 1.79 bits per heavy atom. The Morgan fingerprint density at radius 1 is 1.16 bits per heavy atom. The molecule has 0 aliphatic heterocycles. The van der Waals surface area contributed by atoms with Gasteiger partial charge in [-0.3, -0.25) is 0 Å². The molecule has 0 radical (unpaired) electrons. The molecule has 3 nitrogen and oxygen atoms in total. The predicted molar refractivity (Wildman–Crippen MR) is 75.0 cm³/mol. The summed E-state index contributed by atoms with van der Waals surface area (Å²) in [5, 5.41) is 9.58. The molecule has 5 heteroatoms. The molecule has 0 unspecified atom stereocenters. The standard InChI is InChI=1S/C14H11ClO3S/c1-18-14(17)12-8-11(6-7-13(12)15)19-10-4-2-9(16)3-5-10/h2-8,16H,1H3. The lowest BCUT2D eigenvalue weighted by molar-refractivity contribution is 0.0600. The topological polar surface area (TPSA) is 46.5 Å². The van der Waals surface area contributed by atoms with Crippen molar-refractivity contribution in [3.63, 3.8) is 0 Å². The van der Waals surface area contributed by atoms with Crippen molar-refractivity contribution in [1.29, 1.82) is 0 Å². The van der Waals surface area contributed by atoms with Crippen LogP contribution in [0.1, 0.15) is 10.4 Å². The number of hydrogen-bond donors (Lipinski definition) is 1. The zero-order chi connectivity index (χ0) is 13.8. The normalized spacial score (nSPS) is 10.2. The third-order valence-corrected chi connectivity index (χ3v) is 3.74. The zero-order valence-electron chi connectivity index (χ0n) is 10.1. The van der Waals surface area contributed by atoms with Gasteiger partial charge in [0.05, 0.1) is 17.7 Å². The van der Waals surface area contributed by atoms with Crippen LogP contribution in [0.3, 0.4) is 0 Å². The summed E-state index contributed by atoms with van der Waals surface area (Å²) in [5.74, 6) is -0.242. The van der Waals surface area contributed by atoms with Gasteiger partial charge < -0.3 is 9.84 Å². The fourth-order valence-electron chi connectivity index (χ4n) is 1.48. The van der Waals surface area contributed by atoms with Crippen molar-refractivity contribution in [1.82, 2.24) is 0 Å². The molecule has 0 aromatic heterocycles. The third-order valence-electron chi connectivity index (χ3n) is 2.42. The highest BCUT2D eigenvalue weighted by Gasteiger charge is 2.11. The first kappa shape index (κ1) is 13.8. The number of carbonyl (C=O) groups excluding carboxylic acids is 1. The molecule has 2 rings (SSSR count). The largest absolute Gasteiger partial charge is 0.508 e. The lowest BCUT2D eigenvalue weighted by atomic mass is 10.2. The molecule has 2 aromatic rings. The second kappa shape index (κ2) is 5.99. The molecule has 98 valence electrons. The van der Waals surface area contributed by atoms with Crippen molar-refractivity contribution < 1.29 is 14.6 Å². The molecule has 0 bridgehead atoms. The van der Waals surface area contributed by atoms with E-state index in [9.17, 15) is 9.90 Å². The van der Waals surface area contributed by atoms with Gasteiger partial charge in [-0.25, -0.2) is 4.79 Å². The highest BCUT2D eigenvalue weighted by Crippen LogP contribution is 2.31. The number of aromatic hydroxyl groups is 1. The quantitative estimate of drug-likeness (QED) is 0.870. The number of phenolic OH excluding ortho intramolecular Hbond substituents is 1. The van der Waals surface area contributed by atoms with Gasteiger partial charge in [-0.2, -0.15) is 0 Å². The summed E-state index contributed by atoms with van der Waals surface area (Å²) < 4.78 is 4.67. The molecule has 19 heavy (non-hydrogen) atoms.